The number of rotatable bonds is 20. The Morgan fingerprint density at radius 2 is 1.37 bits per heavy atom. The number of hydrogen-bond acceptors (Lipinski definition) is 6. The summed E-state index contributed by atoms with van der Waals surface area (Å²) in [6, 6.07) is 0. The zero-order chi connectivity index (χ0) is 22.9. The first kappa shape index (κ1) is 29.3. The molecule has 0 aliphatic carbocycles. The molecule has 0 heterocycles. The van der Waals surface area contributed by atoms with E-state index in [1.165, 1.54) is 64.7 Å². The summed E-state index contributed by atoms with van der Waals surface area (Å²) in [5, 5.41) is 0. The topological polar surface area (TPSA) is 84.9 Å². The van der Waals surface area contributed by atoms with Crippen molar-refractivity contribution in [3.63, 3.8) is 0 Å². The standard InChI is InChI=1S/C22H44NO6P/c1-6-7-8-9-10-11-12-13-14-15-16-23(4,5)17-18-28-30(25,26)29-20-19-27-22(24)21(2)3/h2,6-20H2,1,3-5H3. The van der Waals surface area contributed by atoms with Gasteiger partial charge in [0.2, 0.25) is 0 Å². The quantitative estimate of drug-likeness (QED) is 0.0887. The fraction of sp³-hybridized carbons (Fsp3) is 0.864. The Balaban J connectivity index is 3.75. The molecule has 0 amide bonds. The molecule has 0 aromatic rings. The molecule has 0 saturated heterocycles. The van der Waals surface area contributed by atoms with E-state index in [4.69, 9.17) is 13.8 Å². The van der Waals surface area contributed by atoms with Gasteiger partial charge in [0.1, 0.15) is 19.8 Å². The van der Waals surface area contributed by atoms with Crippen molar-refractivity contribution >= 4 is 13.8 Å². The van der Waals surface area contributed by atoms with E-state index >= 15 is 0 Å². The van der Waals surface area contributed by atoms with Gasteiger partial charge in [-0.3, -0.25) is 4.57 Å². The smallest absolute Gasteiger partial charge is 0.333 e. The molecule has 30 heavy (non-hydrogen) atoms. The Morgan fingerprint density at radius 3 is 1.90 bits per heavy atom. The Hall–Kier alpha value is -0.720. The van der Waals surface area contributed by atoms with Gasteiger partial charge in [0, 0.05) is 5.57 Å². The lowest BCUT2D eigenvalue weighted by Crippen LogP contribution is -2.43. The summed E-state index contributed by atoms with van der Waals surface area (Å²) < 4.78 is 26.9. The fourth-order valence-electron chi connectivity index (χ4n) is 2.98. The summed E-state index contributed by atoms with van der Waals surface area (Å²) in [5.74, 6) is -0.578. The number of unbranched alkanes of at least 4 members (excludes halogenated alkanes) is 9. The summed E-state index contributed by atoms with van der Waals surface area (Å²) in [4.78, 5) is 23.0. The van der Waals surface area contributed by atoms with Gasteiger partial charge >= 0.3 is 5.97 Å². The first-order valence-electron chi connectivity index (χ1n) is 11.3. The number of esters is 1. The molecule has 0 bridgehead atoms. The minimum Gasteiger partial charge on any atom is -0.756 e. The third-order valence-corrected chi connectivity index (χ3v) is 5.97. The van der Waals surface area contributed by atoms with E-state index in [0.717, 1.165) is 13.0 Å². The van der Waals surface area contributed by atoms with Gasteiger partial charge in [-0.1, -0.05) is 64.9 Å². The van der Waals surface area contributed by atoms with Crippen LogP contribution in [0.3, 0.4) is 0 Å². The van der Waals surface area contributed by atoms with Gasteiger partial charge in [-0.15, -0.1) is 0 Å². The van der Waals surface area contributed by atoms with Gasteiger partial charge in [-0.05, 0) is 19.8 Å². The molecule has 0 aromatic carbocycles. The number of nitrogens with zero attached hydrogens (tertiary/aromatic N) is 1. The molecule has 0 radical (unpaired) electrons. The monoisotopic (exact) mass is 449 g/mol. The molecule has 0 N–H and O–H groups in total. The lowest BCUT2D eigenvalue weighted by molar-refractivity contribution is -0.890. The molecule has 0 fully saturated rings. The average Bonchev–Trinajstić information content (AvgIpc) is 2.66. The lowest BCUT2D eigenvalue weighted by atomic mass is 10.1. The predicted octanol–water partition coefficient (Wildman–Crippen LogP) is 4.60. The van der Waals surface area contributed by atoms with Gasteiger partial charge < -0.3 is 23.2 Å². The third kappa shape index (κ3) is 18.1. The third-order valence-electron chi connectivity index (χ3n) is 4.98. The molecule has 7 nitrogen and oxygen atoms in total. The number of phosphoric acid groups is 1. The average molecular weight is 450 g/mol. The van der Waals surface area contributed by atoms with Crippen molar-refractivity contribution in [2.75, 3.05) is 47.0 Å². The van der Waals surface area contributed by atoms with Crippen LogP contribution in [0.1, 0.15) is 78.1 Å². The lowest BCUT2D eigenvalue weighted by Gasteiger charge is -2.31. The maximum Gasteiger partial charge on any atom is 0.333 e. The molecule has 0 rings (SSSR count). The number of ether oxygens (including phenoxy) is 1. The van der Waals surface area contributed by atoms with Crippen LogP contribution in [0.5, 0.6) is 0 Å². The number of carbonyl (C=O) groups is 1. The summed E-state index contributed by atoms with van der Waals surface area (Å²) in [7, 11) is -0.242. The van der Waals surface area contributed by atoms with Crippen LogP contribution in [0.25, 0.3) is 0 Å². The summed E-state index contributed by atoms with van der Waals surface area (Å²) in [6.45, 7) is 8.40. The molecule has 0 aromatic heterocycles. The highest BCUT2D eigenvalue weighted by atomic mass is 31.2. The maximum absolute atomic E-state index is 11.8. The predicted molar refractivity (Wildman–Crippen MR) is 119 cm³/mol. The van der Waals surface area contributed by atoms with E-state index in [9.17, 15) is 14.3 Å². The van der Waals surface area contributed by atoms with Gasteiger partial charge in [-0.25, -0.2) is 4.79 Å². The van der Waals surface area contributed by atoms with Crippen molar-refractivity contribution in [3.05, 3.63) is 12.2 Å². The van der Waals surface area contributed by atoms with Crippen LogP contribution in [-0.2, 0) is 23.1 Å². The van der Waals surface area contributed by atoms with Crippen LogP contribution < -0.4 is 4.89 Å². The number of hydrogen-bond donors (Lipinski definition) is 0. The van der Waals surface area contributed by atoms with Crippen LogP contribution in [-0.4, -0.2) is 57.5 Å². The molecule has 1 unspecified atom stereocenters. The minimum absolute atomic E-state index is 0.0666. The van der Waals surface area contributed by atoms with E-state index in [-0.39, 0.29) is 25.4 Å². The van der Waals surface area contributed by atoms with E-state index in [1.54, 1.807) is 0 Å². The number of carbonyl (C=O) groups excluding carboxylic acids is 1. The van der Waals surface area contributed by atoms with E-state index in [0.29, 0.717) is 11.0 Å². The van der Waals surface area contributed by atoms with Gasteiger partial charge in [0.25, 0.3) is 7.82 Å². The largest absolute Gasteiger partial charge is 0.756 e. The van der Waals surface area contributed by atoms with Gasteiger partial charge in [0.15, 0.2) is 0 Å². The second kappa shape index (κ2) is 16.9. The molecular formula is C22H44NO6P. The molecule has 0 aliphatic rings. The first-order chi connectivity index (χ1) is 14.1. The van der Waals surface area contributed by atoms with Crippen molar-refractivity contribution in [2.24, 2.45) is 0 Å². The highest BCUT2D eigenvalue weighted by Crippen LogP contribution is 2.37. The van der Waals surface area contributed by atoms with Gasteiger partial charge in [-0.2, -0.15) is 0 Å². The van der Waals surface area contributed by atoms with Crippen molar-refractivity contribution in [2.45, 2.75) is 78.1 Å². The molecule has 0 aliphatic heterocycles. The van der Waals surface area contributed by atoms with Crippen LogP contribution >= 0.6 is 7.82 Å². The number of quaternary nitrogens is 1. The van der Waals surface area contributed by atoms with Crippen molar-refractivity contribution in [1.82, 2.24) is 0 Å². The molecule has 178 valence electrons. The Kier molecular flexibility index (Phi) is 16.5. The highest BCUT2D eigenvalue weighted by Gasteiger charge is 2.17. The highest BCUT2D eigenvalue weighted by molar-refractivity contribution is 7.45. The Morgan fingerprint density at radius 1 is 0.867 bits per heavy atom. The van der Waals surface area contributed by atoms with Crippen LogP contribution in [0.4, 0.5) is 0 Å². The summed E-state index contributed by atoms with van der Waals surface area (Å²) >= 11 is 0. The molecule has 1 atom stereocenters. The zero-order valence-electron chi connectivity index (χ0n) is 19.7. The molecule has 0 spiro atoms. The summed E-state index contributed by atoms with van der Waals surface area (Å²) in [5.41, 5.74) is 0.249. The van der Waals surface area contributed by atoms with Crippen molar-refractivity contribution < 1.29 is 32.5 Å². The first-order valence-corrected chi connectivity index (χ1v) is 12.8. The van der Waals surface area contributed by atoms with Crippen molar-refractivity contribution in [3.8, 4) is 0 Å². The second-order valence-corrected chi connectivity index (χ2v) is 10.0. The summed E-state index contributed by atoms with van der Waals surface area (Å²) in [6.07, 6.45) is 13.0. The Labute approximate surface area is 184 Å². The minimum atomic E-state index is -4.39. The molecule has 8 heteroatoms. The van der Waals surface area contributed by atoms with Crippen LogP contribution in [0.2, 0.25) is 0 Å². The van der Waals surface area contributed by atoms with E-state index in [2.05, 4.69) is 27.6 Å². The van der Waals surface area contributed by atoms with Crippen molar-refractivity contribution in [1.29, 1.82) is 0 Å². The van der Waals surface area contributed by atoms with E-state index < -0.39 is 13.8 Å². The number of phosphoric ester groups is 1. The second-order valence-electron chi connectivity index (χ2n) is 8.59. The molecule has 0 saturated carbocycles. The SMILES string of the molecule is C=C(C)C(=O)OCCOP(=O)([O-])OCC[N+](C)(C)CCCCCCCCCCCC. The van der Waals surface area contributed by atoms with Gasteiger partial charge in [0.05, 0.1) is 27.2 Å². The van der Waals surface area contributed by atoms with Crippen LogP contribution in [0.15, 0.2) is 12.2 Å². The normalized spacial score (nSPS) is 13.8. The fourth-order valence-corrected chi connectivity index (χ4v) is 3.66. The maximum atomic E-state index is 11.8. The number of likely N-dealkylation sites (N-methyl/N-ethyl adjacent to an activating group) is 1. The zero-order valence-corrected chi connectivity index (χ0v) is 20.6. The van der Waals surface area contributed by atoms with E-state index in [1.807, 2.05) is 0 Å². The Bertz CT molecular complexity index is 524. The molecular weight excluding hydrogens is 405 g/mol. The van der Waals surface area contributed by atoms with Crippen LogP contribution in [0, 0.1) is 0 Å².